The van der Waals surface area contributed by atoms with E-state index >= 15 is 0 Å². The van der Waals surface area contributed by atoms with E-state index in [0.717, 1.165) is 0 Å². The summed E-state index contributed by atoms with van der Waals surface area (Å²) in [7, 11) is 0. The van der Waals surface area contributed by atoms with Gasteiger partial charge in [0.1, 0.15) is 17.6 Å². The van der Waals surface area contributed by atoms with Crippen LogP contribution in [-0.4, -0.2) is 57.5 Å². The van der Waals surface area contributed by atoms with Gasteiger partial charge >= 0.3 is 6.11 Å². The Kier molecular flexibility index (Phi) is 6.59. The number of rotatable bonds is 6. The zero-order valence-electron chi connectivity index (χ0n) is 18.5. The Bertz CT molecular complexity index is 1260. The van der Waals surface area contributed by atoms with E-state index in [2.05, 4.69) is 20.0 Å². The number of nitriles is 1. The van der Waals surface area contributed by atoms with E-state index < -0.39 is 24.2 Å². The fourth-order valence-corrected chi connectivity index (χ4v) is 3.65. The number of pyridine rings is 2. The van der Waals surface area contributed by atoms with Gasteiger partial charge in [-0.05, 0) is 36.4 Å². The molecule has 1 aromatic carbocycles. The third kappa shape index (κ3) is 5.68. The van der Waals surface area contributed by atoms with E-state index in [1.807, 2.05) is 6.07 Å². The van der Waals surface area contributed by atoms with Crippen molar-refractivity contribution in [1.82, 2.24) is 9.97 Å². The molecule has 35 heavy (non-hydrogen) atoms. The van der Waals surface area contributed by atoms with E-state index in [9.17, 15) is 29.1 Å². The number of aromatic nitrogens is 2. The van der Waals surface area contributed by atoms with Gasteiger partial charge in [-0.2, -0.15) is 14.0 Å². The molecule has 2 aromatic heterocycles. The maximum absolute atomic E-state index is 13.0. The number of alkyl halides is 2. The lowest BCUT2D eigenvalue weighted by atomic mass is 10.0. The summed E-state index contributed by atoms with van der Waals surface area (Å²) in [6.45, 7) is 0.912. The molecule has 0 bridgehead atoms. The largest absolute Gasteiger partial charge is 0.433 e. The molecule has 0 aliphatic carbocycles. The van der Waals surface area contributed by atoms with Crippen LogP contribution in [0.3, 0.4) is 0 Å². The fraction of sp³-hybridized carbons (Fsp3) is 0.250. The van der Waals surface area contributed by atoms with Crippen LogP contribution in [0, 0.1) is 11.3 Å². The Morgan fingerprint density at radius 1 is 1.17 bits per heavy atom. The van der Waals surface area contributed by atoms with Crippen LogP contribution in [0.5, 0.6) is 5.75 Å². The molecule has 3 aromatic rings. The van der Waals surface area contributed by atoms with Crippen LogP contribution in [0.4, 0.5) is 20.3 Å². The second-order valence-corrected chi connectivity index (χ2v) is 8.10. The quantitative estimate of drug-likeness (QED) is 0.490. The number of hydrogen-bond acceptors (Lipinski definition) is 8. The Hall–Kier alpha value is -4.14. The van der Waals surface area contributed by atoms with Gasteiger partial charge in [-0.25, -0.2) is 4.98 Å². The van der Waals surface area contributed by atoms with Crippen LogP contribution < -0.4 is 15.0 Å². The fourth-order valence-electron chi connectivity index (χ4n) is 3.65. The lowest BCUT2D eigenvalue weighted by Gasteiger charge is -2.21. The number of amides is 1. The van der Waals surface area contributed by atoms with Gasteiger partial charge in [0.2, 0.25) is 0 Å². The lowest BCUT2D eigenvalue weighted by Crippen LogP contribution is -2.23. The first-order valence-electron chi connectivity index (χ1n) is 10.6. The van der Waals surface area contributed by atoms with E-state index in [4.69, 9.17) is 0 Å². The van der Waals surface area contributed by atoms with E-state index in [1.165, 1.54) is 42.9 Å². The molecule has 0 saturated carbocycles. The van der Waals surface area contributed by atoms with E-state index in [-0.39, 0.29) is 24.4 Å². The predicted octanol–water partition coefficient (Wildman–Crippen LogP) is 2.80. The number of ether oxygens (including phenoxy) is 1. The standard InChI is InChI=1S/C24H21F2N5O4/c1-24(25,26)35-18-4-2-17(3-5-18)30-23(34)16-7-19(15-6-14(8-27)9-28-10-15)22(29-11-16)31-12-20(32)21(33)13-31/h2-7,9-11,20-21,32-33H,12-13H2,1H3,(H,30,34)/t20-,21+. The van der Waals surface area contributed by atoms with Crippen LogP contribution in [-0.2, 0) is 0 Å². The normalized spacial score (nSPS) is 17.7. The topological polar surface area (TPSA) is 132 Å². The number of aliphatic hydroxyl groups excluding tert-OH is 2. The molecule has 1 fully saturated rings. The Labute approximate surface area is 199 Å². The molecule has 4 rings (SSSR count). The van der Waals surface area contributed by atoms with Crippen molar-refractivity contribution in [2.75, 3.05) is 23.3 Å². The van der Waals surface area contributed by atoms with E-state index in [1.54, 1.807) is 17.0 Å². The van der Waals surface area contributed by atoms with Gasteiger partial charge in [0.05, 0.1) is 23.3 Å². The summed E-state index contributed by atoms with van der Waals surface area (Å²) in [6.07, 6.45) is -0.950. The van der Waals surface area contributed by atoms with Gasteiger partial charge in [0, 0.05) is 55.4 Å². The summed E-state index contributed by atoms with van der Waals surface area (Å²) in [5.74, 6) is -0.148. The second kappa shape index (κ2) is 9.61. The number of nitrogens with one attached hydrogen (secondary N) is 1. The van der Waals surface area contributed by atoms with Gasteiger partial charge in [0.25, 0.3) is 5.91 Å². The van der Waals surface area contributed by atoms with Crippen LogP contribution in [0.15, 0.2) is 55.0 Å². The highest BCUT2D eigenvalue weighted by Gasteiger charge is 2.32. The summed E-state index contributed by atoms with van der Waals surface area (Å²) in [5.41, 5.74) is 1.86. The molecule has 2 atom stereocenters. The average Bonchev–Trinajstić information content (AvgIpc) is 3.17. The predicted molar refractivity (Wildman–Crippen MR) is 122 cm³/mol. The second-order valence-electron chi connectivity index (χ2n) is 8.10. The first kappa shape index (κ1) is 24.0. The van der Waals surface area contributed by atoms with Gasteiger partial charge in [-0.15, -0.1) is 0 Å². The van der Waals surface area contributed by atoms with E-state index in [0.29, 0.717) is 35.1 Å². The van der Waals surface area contributed by atoms with Crippen molar-refractivity contribution in [2.24, 2.45) is 0 Å². The molecule has 1 saturated heterocycles. The van der Waals surface area contributed by atoms with Crippen LogP contribution in [0.25, 0.3) is 11.1 Å². The molecule has 1 aliphatic rings. The summed E-state index contributed by atoms with van der Waals surface area (Å²) in [5, 5.41) is 31.9. The van der Waals surface area contributed by atoms with Crippen molar-refractivity contribution in [3.8, 4) is 22.9 Å². The average molecular weight is 481 g/mol. The molecule has 11 heteroatoms. The molecular formula is C24H21F2N5O4. The zero-order valence-corrected chi connectivity index (χ0v) is 18.5. The number of hydrogen-bond donors (Lipinski definition) is 3. The minimum atomic E-state index is -3.33. The molecule has 3 N–H and O–H groups in total. The molecule has 9 nitrogen and oxygen atoms in total. The highest BCUT2D eigenvalue weighted by Crippen LogP contribution is 2.32. The number of β-amino-alcohol motifs (C(OH)–C–C–N with tert-alkyl or cyclic N) is 2. The maximum Gasteiger partial charge on any atom is 0.394 e. The molecule has 0 unspecified atom stereocenters. The monoisotopic (exact) mass is 481 g/mol. The molecular weight excluding hydrogens is 460 g/mol. The van der Waals surface area contributed by atoms with Gasteiger partial charge in [0.15, 0.2) is 0 Å². The van der Waals surface area contributed by atoms with Crippen molar-refractivity contribution < 1.29 is 28.5 Å². The van der Waals surface area contributed by atoms with Gasteiger partial charge in [-0.3, -0.25) is 9.78 Å². The van der Waals surface area contributed by atoms with Gasteiger partial charge < -0.3 is 25.2 Å². The van der Waals surface area contributed by atoms with Crippen molar-refractivity contribution in [1.29, 1.82) is 5.26 Å². The minimum absolute atomic E-state index is 0.0522. The third-order valence-corrected chi connectivity index (χ3v) is 5.28. The van der Waals surface area contributed by atoms with Crippen LogP contribution in [0.1, 0.15) is 22.8 Å². The first-order chi connectivity index (χ1) is 16.6. The van der Waals surface area contributed by atoms with Crippen molar-refractivity contribution in [2.45, 2.75) is 25.2 Å². The van der Waals surface area contributed by atoms with Gasteiger partial charge in [-0.1, -0.05) is 0 Å². The number of anilines is 2. The summed E-state index contributed by atoms with van der Waals surface area (Å²) in [6, 6.07) is 10.7. The smallest absolute Gasteiger partial charge is 0.394 e. The SMILES string of the molecule is CC(F)(F)Oc1ccc(NC(=O)c2cnc(N3C[C@@H](O)[C@@H](O)C3)c(-c3cncc(C#N)c3)c2)cc1. The number of carbonyl (C=O) groups excluding carboxylic acids is 1. The maximum atomic E-state index is 13.0. The molecule has 1 amide bonds. The third-order valence-electron chi connectivity index (χ3n) is 5.28. The summed E-state index contributed by atoms with van der Waals surface area (Å²) < 4.78 is 30.5. The Morgan fingerprint density at radius 3 is 2.49 bits per heavy atom. The highest BCUT2D eigenvalue weighted by atomic mass is 19.3. The summed E-state index contributed by atoms with van der Waals surface area (Å²) >= 11 is 0. The number of carbonyl (C=O) groups is 1. The molecule has 0 spiro atoms. The molecule has 180 valence electrons. The molecule has 1 aliphatic heterocycles. The van der Waals surface area contributed by atoms with Crippen molar-refractivity contribution in [3.05, 3.63) is 66.1 Å². The molecule has 3 heterocycles. The van der Waals surface area contributed by atoms with Crippen molar-refractivity contribution >= 4 is 17.4 Å². The number of halogens is 2. The molecule has 0 radical (unpaired) electrons. The van der Waals surface area contributed by atoms with Crippen molar-refractivity contribution in [3.63, 3.8) is 0 Å². The highest BCUT2D eigenvalue weighted by molar-refractivity contribution is 6.05. The zero-order chi connectivity index (χ0) is 25.2. The minimum Gasteiger partial charge on any atom is -0.433 e. The summed E-state index contributed by atoms with van der Waals surface area (Å²) in [4.78, 5) is 23.1. The number of nitrogens with zero attached hydrogens (tertiary/aromatic N) is 4. The lowest BCUT2D eigenvalue weighted by molar-refractivity contribution is -0.158. The van der Waals surface area contributed by atoms with Crippen LogP contribution >= 0.6 is 0 Å². The number of benzene rings is 1. The Morgan fingerprint density at radius 2 is 1.86 bits per heavy atom. The first-order valence-corrected chi connectivity index (χ1v) is 10.6. The number of aliphatic hydroxyl groups is 2. The Balaban J connectivity index is 1.63. The van der Waals surface area contributed by atoms with Crippen LogP contribution in [0.2, 0.25) is 0 Å².